The van der Waals surface area contributed by atoms with Gasteiger partial charge in [-0.05, 0) is 59.7 Å². The molecule has 49 heavy (non-hydrogen) atoms. The normalized spacial score (nSPS) is 12.3. The Bertz CT molecular complexity index is 2240. The zero-order valence-corrected chi connectivity index (χ0v) is 34.4. The van der Waals surface area contributed by atoms with Crippen LogP contribution in [0.3, 0.4) is 0 Å². The van der Waals surface area contributed by atoms with Crippen molar-refractivity contribution in [3.63, 3.8) is 0 Å². The third kappa shape index (κ3) is 6.54. The van der Waals surface area contributed by atoms with Gasteiger partial charge >= 0.3 is 0 Å². The van der Waals surface area contributed by atoms with Crippen LogP contribution >= 0.6 is 57.1 Å². The Morgan fingerprint density at radius 1 is 0.347 bits per heavy atom. The summed E-state index contributed by atoms with van der Waals surface area (Å²) in [5.41, 5.74) is 6.87. The summed E-state index contributed by atoms with van der Waals surface area (Å²) in [6, 6.07) is 41.0. The van der Waals surface area contributed by atoms with Gasteiger partial charge in [-0.3, -0.25) is 0 Å². The Kier molecular flexibility index (Phi) is 8.59. The van der Waals surface area contributed by atoms with E-state index in [2.05, 4.69) is 148 Å². The van der Waals surface area contributed by atoms with Gasteiger partial charge in [0.25, 0.3) is 0 Å². The molecule has 0 fully saturated rings. The van der Waals surface area contributed by atoms with Crippen LogP contribution < -0.4 is 10.4 Å². The molecule has 9 heteroatoms. The fraction of sp³-hybridized carbons (Fsp3) is 0.150. The molecule has 8 aromatic rings. The molecule has 0 amide bonds. The minimum Gasteiger partial charge on any atom is -0.172 e. The lowest BCUT2D eigenvalue weighted by Crippen LogP contribution is -2.37. The van der Waals surface area contributed by atoms with Crippen LogP contribution in [0.5, 0.6) is 0 Å². The number of hydrogen-bond donors (Lipinski definition) is 0. The smallest absolute Gasteiger partial charge is 0.114 e. The standard InChI is InChI=1S/C40H36N2S5Si2/c1-48(2,3)27-11-7-25(8-12-27)31-17-21-35(43-31)37-23-19-33(45-37)29-15-16-30(40-39(29)41-47-42-40)34-20-24-38(46-34)36-22-18-32(44-36)26-9-13-28(14-10-26)49(4,5)6/h7-24H,1-6H3. The zero-order valence-electron chi connectivity index (χ0n) is 28.3. The number of nitrogens with zero attached hydrogens (tertiary/aromatic N) is 2. The molecule has 2 nitrogen and oxygen atoms in total. The molecule has 3 aromatic carbocycles. The van der Waals surface area contributed by atoms with Crippen molar-refractivity contribution in [2.75, 3.05) is 0 Å². The van der Waals surface area contributed by atoms with Crippen molar-refractivity contribution in [2.45, 2.75) is 39.3 Å². The molecule has 5 heterocycles. The predicted octanol–water partition coefficient (Wildman–Crippen LogP) is 13.0. The van der Waals surface area contributed by atoms with Crippen LogP contribution in [0.15, 0.2) is 109 Å². The van der Waals surface area contributed by atoms with E-state index in [1.165, 1.54) is 72.2 Å². The van der Waals surface area contributed by atoms with Gasteiger partial charge in [-0.25, -0.2) is 0 Å². The Morgan fingerprint density at radius 3 is 1.00 bits per heavy atom. The summed E-state index contributed by atoms with van der Waals surface area (Å²) in [6.45, 7) is 14.4. The minimum absolute atomic E-state index is 0.986. The van der Waals surface area contributed by atoms with Crippen molar-refractivity contribution in [1.82, 2.24) is 8.75 Å². The van der Waals surface area contributed by atoms with Gasteiger partial charge in [0.1, 0.15) is 11.0 Å². The number of aromatic nitrogens is 2. The third-order valence-corrected chi connectivity index (χ3v) is 18.5. The molecule has 0 radical (unpaired) electrons. The first kappa shape index (κ1) is 32.9. The first-order valence-corrected chi connectivity index (χ1v) is 27.4. The third-order valence-electron chi connectivity index (χ3n) is 8.93. The Hall–Kier alpha value is -3.29. The summed E-state index contributed by atoms with van der Waals surface area (Å²) in [5.74, 6) is 0. The number of fused-ring (bicyclic) bond motifs is 1. The monoisotopic (exact) mass is 760 g/mol. The van der Waals surface area contributed by atoms with Crippen LogP contribution in [0.2, 0.25) is 39.3 Å². The van der Waals surface area contributed by atoms with E-state index in [-0.39, 0.29) is 0 Å². The van der Waals surface area contributed by atoms with Gasteiger partial charge in [0.15, 0.2) is 0 Å². The van der Waals surface area contributed by atoms with Gasteiger partial charge in [-0.15, -0.1) is 45.3 Å². The first-order valence-electron chi connectivity index (χ1n) is 16.4. The number of thiophene rings is 4. The molecule has 0 unspecified atom stereocenters. The number of hydrogen-bond acceptors (Lipinski definition) is 7. The average Bonchev–Trinajstić information content (AvgIpc) is 3.93. The molecule has 0 bridgehead atoms. The van der Waals surface area contributed by atoms with Crippen LogP contribution in [0.1, 0.15) is 0 Å². The van der Waals surface area contributed by atoms with E-state index < -0.39 is 16.1 Å². The van der Waals surface area contributed by atoms with Gasteiger partial charge in [-0.1, -0.05) is 110 Å². The topological polar surface area (TPSA) is 25.8 Å². The second kappa shape index (κ2) is 12.8. The maximum Gasteiger partial charge on any atom is 0.114 e. The van der Waals surface area contributed by atoms with Crippen LogP contribution in [-0.2, 0) is 0 Å². The van der Waals surface area contributed by atoms with Crippen molar-refractivity contribution >= 4 is 94.6 Å². The van der Waals surface area contributed by atoms with E-state index in [4.69, 9.17) is 8.75 Å². The second-order valence-corrected chi connectivity index (χ2v) is 29.5. The van der Waals surface area contributed by atoms with E-state index in [1.807, 2.05) is 45.3 Å². The molecule has 8 rings (SSSR count). The maximum absolute atomic E-state index is 4.81. The summed E-state index contributed by atoms with van der Waals surface area (Å²) in [7, 11) is -2.61. The lowest BCUT2D eigenvalue weighted by Gasteiger charge is -2.16. The summed E-state index contributed by atoms with van der Waals surface area (Å²) in [4.78, 5) is 10.3. The van der Waals surface area contributed by atoms with Crippen molar-refractivity contribution < 1.29 is 0 Å². The van der Waals surface area contributed by atoms with E-state index in [0.29, 0.717) is 0 Å². The molecule has 0 saturated heterocycles. The average molecular weight is 761 g/mol. The highest BCUT2D eigenvalue weighted by molar-refractivity contribution is 7.26. The molecular weight excluding hydrogens is 725 g/mol. The zero-order chi connectivity index (χ0) is 33.9. The quantitative estimate of drug-likeness (QED) is 0.144. The molecule has 0 spiro atoms. The molecule has 0 aliphatic carbocycles. The maximum atomic E-state index is 4.81. The van der Waals surface area contributed by atoms with Crippen LogP contribution in [0.25, 0.3) is 72.3 Å². The SMILES string of the molecule is C[Si](C)(C)c1ccc(-c2ccc(-c3ccc(-c4ccc(-c5ccc(-c6ccc(-c7ccc([Si](C)(C)C)cc7)s6)s5)c5nsnc45)s3)s2)cc1. The summed E-state index contributed by atoms with van der Waals surface area (Å²) >= 11 is 8.71. The molecule has 5 aromatic heterocycles. The summed E-state index contributed by atoms with van der Waals surface area (Å²) in [5, 5.41) is 3.00. The van der Waals surface area contributed by atoms with Crippen molar-refractivity contribution in [3.8, 4) is 61.3 Å². The van der Waals surface area contributed by atoms with Crippen LogP contribution in [-0.4, -0.2) is 24.9 Å². The second-order valence-electron chi connectivity index (χ2n) is 14.4. The predicted molar refractivity (Wildman–Crippen MR) is 227 cm³/mol. The lowest BCUT2D eigenvalue weighted by atomic mass is 10.1. The highest BCUT2D eigenvalue weighted by atomic mass is 32.1. The van der Waals surface area contributed by atoms with Gasteiger partial charge in [-0.2, -0.15) is 8.75 Å². The largest absolute Gasteiger partial charge is 0.172 e. The summed E-state index contributed by atoms with van der Waals surface area (Å²) in [6.07, 6.45) is 0. The van der Waals surface area contributed by atoms with E-state index in [9.17, 15) is 0 Å². The molecule has 0 atom stereocenters. The summed E-state index contributed by atoms with van der Waals surface area (Å²) < 4.78 is 9.61. The Morgan fingerprint density at radius 2 is 0.653 bits per heavy atom. The molecular formula is C40H36N2S5Si2. The van der Waals surface area contributed by atoms with Gasteiger partial charge in [0, 0.05) is 50.1 Å². The van der Waals surface area contributed by atoms with Gasteiger partial charge in [0.2, 0.25) is 0 Å². The highest BCUT2D eigenvalue weighted by Crippen LogP contribution is 2.45. The molecule has 0 aliphatic rings. The molecule has 244 valence electrons. The van der Waals surface area contributed by atoms with Gasteiger partial charge in [0.05, 0.1) is 27.9 Å². The van der Waals surface area contributed by atoms with Gasteiger partial charge < -0.3 is 0 Å². The molecule has 0 aliphatic heterocycles. The van der Waals surface area contributed by atoms with Crippen molar-refractivity contribution in [2.24, 2.45) is 0 Å². The van der Waals surface area contributed by atoms with E-state index in [0.717, 1.165) is 22.2 Å². The van der Waals surface area contributed by atoms with E-state index in [1.54, 1.807) is 0 Å². The van der Waals surface area contributed by atoms with Crippen molar-refractivity contribution in [3.05, 3.63) is 109 Å². The highest BCUT2D eigenvalue weighted by Gasteiger charge is 2.20. The van der Waals surface area contributed by atoms with E-state index >= 15 is 0 Å². The minimum atomic E-state index is -1.30. The fourth-order valence-electron chi connectivity index (χ4n) is 6.01. The Labute approximate surface area is 310 Å². The number of rotatable bonds is 8. The number of benzene rings is 3. The van der Waals surface area contributed by atoms with Crippen LogP contribution in [0, 0.1) is 0 Å². The fourth-order valence-corrected chi connectivity index (χ4v) is 13.2. The first-order chi connectivity index (χ1) is 23.5. The Balaban J connectivity index is 1.03. The van der Waals surface area contributed by atoms with Crippen molar-refractivity contribution in [1.29, 1.82) is 0 Å². The van der Waals surface area contributed by atoms with Crippen LogP contribution in [0.4, 0.5) is 0 Å². The lowest BCUT2D eigenvalue weighted by molar-refractivity contribution is 1.63. The molecule has 0 N–H and O–H groups in total. The molecule has 0 saturated carbocycles.